The maximum absolute atomic E-state index is 5.44. The molecule has 2 N–H and O–H groups in total. The van der Waals surface area contributed by atoms with Crippen LogP contribution in [0.2, 0.25) is 0 Å². The highest BCUT2D eigenvalue weighted by atomic mass is 127. The van der Waals surface area contributed by atoms with Gasteiger partial charge in [0.15, 0.2) is 5.96 Å². The fourth-order valence-electron chi connectivity index (χ4n) is 2.87. The van der Waals surface area contributed by atoms with Crippen LogP contribution in [0.1, 0.15) is 36.4 Å². The first-order chi connectivity index (χ1) is 12.4. The Morgan fingerprint density at radius 3 is 2.70 bits per heavy atom. The van der Waals surface area contributed by atoms with Gasteiger partial charge in [-0.3, -0.25) is 9.67 Å². The van der Waals surface area contributed by atoms with Gasteiger partial charge in [0.25, 0.3) is 0 Å². The number of halogens is 1. The van der Waals surface area contributed by atoms with Gasteiger partial charge in [-0.2, -0.15) is 5.10 Å². The summed E-state index contributed by atoms with van der Waals surface area (Å²) in [5.74, 6) is 1.41. The Bertz CT molecular complexity index is 759. The van der Waals surface area contributed by atoms with Crippen molar-refractivity contribution in [3.8, 4) is 5.88 Å². The smallest absolute Gasteiger partial charge is 0.213 e. The third-order valence-corrected chi connectivity index (χ3v) is 4.33. The Hall–Kier alpha value is -1.84. The van der Waals surface area contributed by atoms with E-state index in [4.69, 9.17) is 4.74 Å². The van der Waals surface area contributed by atoms with Crippen LogP contribution in [0.25, 0.3) is 0 Å². The molecule has 0 aliphatic carbocycles. The minimum absolute atomic E-state index is 0. The van der Waals surface area contributed by atoms with Gasteiger partial charge in [-0.25, -0.2) is 4.98 Å². The maximum Gasteiger partial charge on any atom is 0.213 e. The predicted molar refractivity (Wildman–Crippen MR) is 120 cm³/mol. The van der Waals surface area contributed by atoms with Gasteiger partial charge in [-0.1, -0.05) is 0 Å². The molecule has 7 nitrogen and oxygen atoms in total. The van der Waals surface area contributed by atoms with E-state index in [0.717, 1.165) is 23.6 Å². The summed E-state index contributed by atoms with van der Waals surface area (Å²) < 4.78 is 7.38. The first kappa shape index (κ1) is 23.2. The summed E-state index contributed by atoms with van der Waals surface area (Å²) in [4.78, 5) is 8.51. The van der Waals surface area contributed by atoms with Crippen molar-refractivity contribution in [1.82, 2.24) is 25.4 Å². The highest BCUT2D eigenvalue weighted by molar-refractivity contribution is 14.0. The van der Waals surface area contributed by atoms with Crippen molar-refractivity contribution in [3.63, 3.8) is 0 Å². The van der Waals surface area contributed by atoms with Crippen LogP contribution in [0.15, 0.2) is 23.3 Å². The highest BCUT2D eigenvalue weighted by Gasteiger charge is 2.14. The minimum Gasteiger partial charge on any atom is -0.478 e. The van der Waals surface area contributed by atoms with Crippen molar-refractivity contribution < 1.29 is 4.74 Å². The maximum atomic E-state index is 5.44. The molecule has 2 rings (SSSR count). The summed E-state index contributed by atoms with van der Waals surface area (Å²) in [5, 5.41) is 11.3. The number of pyridine rings is 1. The summed E-state index contributed by atoms with van der Waals surface area (Å²) in [7, 11) is 3.76. The summed E-state index contributed by atoms with van der Waals surface area (Å²) in [5.41, 5.74) is 4.68. The molecule has 2 aromatic heterocycles. The van der Waals surface area contributed by atoms with Gasteiger partial charge >= 0.3 is 0 Å². The van der Waals surface area contributed by atoms with Crippen LogP contribution in [0.4, 0.5) is 0 Å². The van der Waals surface area contributed by atoms with E-state index in [1.165, 1.54) is 11.3 Å². The summed E-state index contributed by atoms with van der Waals surface area (Å²) in [6, 6.07) is 4.14. The minimum atomic E-state index is 0. The first-order valence-corrected chi connectivity index (χ1v) is 8.98. The fourth-order valence-corrected chi connectivity index (χ4v) is 2.87. The van der Waals surface area contributed by atoms with Gasteiger partial charge in [0.05, 0.1) is 12.3 Å². The van der Waals surface area contributed by atoms with Gasteiger partial charge in [0, 0.05) is 44.6 Å². The lowest BCUT2D eigenvalue weighted by molar-refractivity contribution is 0.326. The zero-order chi connectivity index (χ0) is 19.1. The number of hydrogen-bond acceptors (Lipinski definition) is 4. The predicted octanol–water partition coefficient (Wildman–Crippen LogP) is 2.74. The van der Waals surface area contributed by atoms with Crippen molar-refractivity contribution in [3.05, 3.63) is 40.8 Å². The number of guanidine groups is 1. The second-order valence-corrected chi connectivity index (χ2v) is 6.38. The molecule has 150 valence electrons. The normalized spacial score (nSPS) is 12.3. The van der Waals surface area contributed by atoms with E-state index in [0.29, 0.717) is 19.0 Å². The Morgan fingerprint density at radius 1 is 1.37 bits per heavy atom. The van der Waals surface area contributed by atoms with Crippen LogP contribution in [0.5, 0.6) is 5.88 Å². The molecule has 1 unspecified atom stereocenters. The Morgan fingerprint density at radius 2 is 2.11 bits per heavy atom. The fraction of sp³-hybridized carbons (Fsp3) is 0.526. The lowest BCUT2D eigenvalue weighted by Crippen LogP contribution is -2.42. The van der Waals surface area contributed by atoms with Gasteiger partial charge in [-0.15, -0.1) is 24.0 Å². The molecular formula is C19H31IN6O. The zero-order valence-electron chi connectivity index (χ0n) is 17.0. The quantitative estimate of drug-likeness (QED) is 0.358. The van der Waals surface area contributed by atoms with E-state index in [1.54, 1.807) is 13.2 Å². The number of rotatable bonds is 7. The molecule has 2 aromatic rings. The zero-order valence-corrected chi connectivity index (χ0v) is 19.4. The molecule has 0 bridgehead atoms. The summed E-state index contributed by atoms with van der Waals surface area (Å²) in [6.07, 6.45) is 2.66. The van der Waals surface area contributed by atoms with Crippen LogP contribution < -0.4 is 15.4 Å². The third-order valence-electron chi connectivity index (χ3n) is 4.33. The largest absolute Gasteiger partial charge is 0.478 e. The molecule has 0 aromatic carbocycles. The molecular weight excluding hydrogens is 455 g/mol. The average molecular weight is 486 g/mol. The molecule has 8 heteroatoms. The van der Waals surface area contributed by atoms with E-state index >= 15 is 0 Å². The molecule has 0 spiro atoms. The van der Waals surface area contributed by atoms with Crippen LogP contribution in [0, 0.1) is 13.8 Å². The second-order valence-electron chi connectivity index (χ2n) is 6.38. The number of hydrogen-bond donors (Lipinski definition) is 2. The van der Waals surface area contributed by atoms with Crippen LogP contribution in [-0.2, 0) is 20.0 Å². The van der Waals surface area contributed by atoms with Crippen molar-refractivity contribution in [2.75, 3.05) is 13.7 Å². The number of aryl methyl sites for hydroxylation is 2. The van der Waals surface area contributed by atoms with Crippen LogP contribution in [-0.4, -0.2) is 40.4 Å². The third kappa shape index (κ3) is 6.67. The number of nitrogens with one attached hydrogen (secondary N) is 2. The molecule has 0 saturated carbocycles. The Labute approximate surface area is 179 Å². The van der Waals surface area contributed by atoms with Crippen molar-refractivity contribution in [1.29, 1.82) is 0 Å². The number of aliphatic imine (C=N–C) groups is 1. The van der Waals surface area contributed by atoms with Crippen molar-refractivity contribution >= 4 is 29.9 Å². The van der Waals surface area contributed by atoms with Crippen LogP contribution in [0.3, 0.4) is 0 Å². The lowest BCUT2D eigenvalue weighted by atomic mass is 10.1. The Kier molecular flexibility index (Phi) is 9.54. The monoisotopic (exact) mass is 486 g/mol. The molecule has 0 radical (unpaired) electrons. The summed E-state index contributed by atoms with van der Waals surface area (Å²) >= 11 is 0. The lowest BCUT2D eigenvalue weighted by Gasteiger charge is -2.18. The molecule has 2 heterocycles. The van der Waals surface area contributed by atoms with Crippen LogP contribution >= 0.6 is 24.0 Å². The van der Waals surface area contributed by atoms with Gasteiger partial charge in [0.2, 0.25) is 5.88 Å². The van der Waals surface area contributed by atoms with E-state index < -0.39 is 0 Å². The van der Waals surface area contributed by atoms with E-state index in [-0.39, 0.29) is 30.0 Å². The first-order valence-electron chi connectivity index (χ1n) is 8.98. The molecule has 0 saturated heterocycles. The molecule has 27 heavy (non-hydrogen) atoms. The molecule has 0 aliphatic rings. The number of nitrogens with zero attached hydrogens (tertiary/aromatic N) is 4. The summed E-state index contributed by atoms with van der Waals surface area (Å²) in [6.45, 7) is 9.53. The SMILES string of the molecule is CCOc1cc(CNC(=NC)NC(C)Cc2c(C)nn(C)c2C)ccn1.I. The van der Waals surface area contributed by atoms with Crippen molar-refractivity contribution in [2.45, 2.75) is 46.7 Å². The topological polar surface area (TPSA) is 76.4 Å². The molecule has 0 amide bonds. The van der Waals surface area contributed by atoms with Crippen molar-refractivity contribution in [2.24, 2.45) is 12.0 Å². The second kappa shape index (κ2) is 11.1. The van der Waals surface area contributed by atoms with E-state index in [2.05, 4.69) is 46.5 Å². The average Bonchev–Trinajstić information content (AvgIpc) is 2.85. The van der Waals surface area contributed by atoms with Gasteiger partial charge in [0.1, 0.15) is 0 Å². The van der Waals surface area contributed by atoms with Gasteiger partial charge < -0.3 is 15.4 Å². The highest BCUT2D eigenvalue weighted by Crippen LogP contribution is 2.14. The van der Waals surface area contributed by atoms with E-state index in [1.807, 2.05) is 30.8 Å². The molecule has 0 aliphatic heterocycles. The number of ether oxygens (including phenoxy) is 1. The number of aromatic nitrogens is 3. The van der Waals surface area contributed by atoms with Gasteiger partial charge in [-0.05, 0) is 51.3 Å². The molecule has 0 fully saturated rings. The standard InChI is InChI=1S/C19H30N6O.HI/c1-7-26-18-11-16(8-9-21-18)12-22-19(20-5)23-13(2)10-17-14(3)24-25(6)15(17)4;/h8-9,11,13H,7,10,12H2,1-6H3,(H2,20,22,23);1H. The molecule has 1 atom stereocenters. The van der Waals surface area contributed by atoms with E-state index in [9.17, 15) is 0 Å². The Balaban J connectivity index is 0.00000364.